The summed E-state index contributed by atoms with van der Waals surface area (Å²) in [6.07, 6.45) is 3.40. The Balaban J connectivity index is 0.00000242. The van der Waals surface area contributed by atoms with Gasteiger partial charge in [-0.15, -0.1) is 12.4 Å². The number of carbonyl (C=O) groups excluding carboxylic acids is 2. The van der Waals surface area contributed by atoms with Gasteiger partial charge in [-0.1, -0.05) is 0 Å². The van der Waals surface area contributed by atoms with Crippen LogP contribution < -0.4 is 5.32 Å². The average molecular weight is 333 g/mol. The van der Waals surface area contributed by atoms with Crippen molar-refractivity contribution in [1.82, 2.24) is 20.0 Å². The zero-order valence-corrected chi connectivity index (χ0v) is 14.5. The molecule has 2 fully saturated rings. The number of piperidine rings is 1. The Hall–Kier alpha value is -0.850. The minimum Gasteiger partial charge on any atom is -0.339 e. The van der Waals surface area contributed by atoms with Crippen LogP contribution in [0.4, 0.5) is 0 Å². The normalized spacial score (nSPS) is 22.4. The molecule has 0 aromatic carbocycles. The van der Waals surface area contributed by atoms with E-state index in [2.05, 4.69) is 12.2 Å². The Kier molecular flexibility index (Phi) is 8.14. The van der Waals surface area contributed by atoms with Crippen LogP contribution in [0, 0.1) is 0 Å². The largest absolute Gasteiger partial charge is 0.339 e. The number of likely N-dealkylation sites (N-methyl/N-ethyl adjacent to an activating group) is 1. The van der Waals surface area contributed by atoms with Gasteiger partial charge in [0.1, 0.15) is 0 Å². The predicted molar refractivity (Wildman–Crippen MR) is 89.2 cm³/mol. The number of likely N-dealkylation sites (tertiary alicyclic amines) is 1. The van der Waals surface area contributed by atoms with Crippen molar-refractivity contribution in [2.24, 2.45) is 0 Å². The van der Waals surface area contributed by atoms with E-state index in [1.807, 2.05) is 21.7 Å². The van der Waals surface area contributed by atoms with E-state index in [9.17, 15) is 9.59 Å². The summed E-state index contributed by atoms with van der Waals surface area (Å²) in [6, 6.07) is 0.337. The lowest BCUT2D eigenvalue weighted by atomic mass is 10.0. The Morgan fingerprint density at radius 3 is 2.36 bits per heavy atom. The van der Waals surface area contributed by atoms with E-state index in [0.717, 1.165) is 45.6 Å². The molecule has 2 aliphatic heterocycles. The summed E-state index contributed by atoms with van der Waals surface area (Å²) in [6.45, 7) is 6.89. The summed E-state index contributed by atoms with van der Waals surface area (Å²) in [5, 5.41) is 3.23. The lowest BCUT2D eigenvalue weighted by Gasteiger charge is -2.35. The third-order valence-corrected chi connectivity index (χ3v) is 4.40. The van der Waals surface area contributed by atoms with Gasteiger partial charge in [0.25, 0.3) is 0 Å². The highest BCUT2D eigenvalue weighted by Crippen LogP contribution is 2.16. The number of amides is 2. The van der Waals surface area contributed by atoms with E-state index < -0.39 is 0 Å². The highest BCUT2D eigenvalue weighted by atomic mass is 35.5. The summed E-state index contributed by atoms with van der Waals surface area (Å²) >= 11 is 0. The molecule has 0 radical (unpaired) electrons. The van der Waals surface area contributed by atoms with Crippen LogP contribution in [0.25, 0.3) is 0 Å². The number of hydrogen-bond acceptors (Lipinski definition) is 4. The number of carbonyl (C=O) groups is 2. The third kappa shape index (κ3) is 5.41. The molecule has 1 unspecified atom stereocenters. The molecule has 2 saturated heterocycles. The highest BCUT2D eigenvalue weighted by Gasteiger charge is 2.25. The zero-order valence-electron chi connectivity index (χ0n) is 13.7. The maximum Gasteiger partial charge on any atom is 0.236 e. The topological polar surface area (TPSA) is 55.9 Å². The van der Waals surface area contributed by atoms with Crippen LogP contribution in [0.5, 0.6) is 0 Å². The molecule has 2 amide bonds. The van der Waals surface area contributed by atoms with Gasteiger partial charge in [0.2, 0.25) is 11.8 Å². The lowest BCUT2D eigenvalue weighted by Crippen LogP contribution is -2.51. The molecule has 0 saturated carbocycles. The van der Waals surface area contributed by atoms with Gasteiger partial charge in [0.15, 0.2) is 0 Å². The van der Waals surface area contributed by atoms with Crippen molar-refractivity contribution >= 4 is 24.2 Å². The fourth-order valence-corrected chi connectivity index (χ4v) is 3.09. The molecule has 0 aromatic heterocycles. The van der Waals surface area contributed by atoms with Gasteiger partial charge in [-0.25, -0.2) is 0 Å². The smallest absolute Gasteiger partial charge is 0.236 e. The summed E-state index contributed by atoms with van der Waals surface area (Å²) in [7, 11) is 1.85. The quantitative estimate of drug-likeness (QED) is 0.797. The summed E-state index contributed by atoms with van der Waals surface area (Å²) in [4.78, 5) is 30.2. The first-order valence-corrected chi connectivity index (χ1v) is 8.04. The third-order valence-electron chi connectivity index (χ3n) is 4.40. The monoisotopic (exact) mass is 332 g/mol. The number of nitrogens with zero attached hydrogens (tertiary/aromatic N) is 3. The first-order valence-electron chi connectivity index (χ1n) is 8.04. The van der Waals surface area contributed by atoms with Gasteiger partial charge < -0.3 is 15.1 Å². The molecule has 7 heteroatoms. The lowest BCUT2D eigenvalue weighted by molar-refractivity contribution is -0.137. The number of rotatable bonds is 4. The predicted octanol–water partition coefficient (Wildman–Crippen LogP) is 0.173. The zero-order chi connectivity index (χ0) is 15.2. The molecule has 2 rings (SSSR count). The van der Waals surface area contributed by atoms with Crippen molar-refractivity contribution in [2.75, 3.05) is 52.9 Å². The molecular weight excluding hydrogens is 304 g/mol. The molecule has 0 aromatic rings. The summed E-state index contributed by atoms with van der Waals surface area (Å²) in [5.41, 5.74) is 0. The Labute approximate surface area is 139 Å². The molecular formula is C15H29ClN4O2. The van der Waals surface area contributed by atoms with Gasteiger partial charge in [0, 0.05) is 38.8 Å². The van der Waals surface area contributed by atoms with E-state index >= 15 is 0 Å². The van der Waals surface area contributed by atoms with E-state index in [1.54, 1.807) is 0 Å². The molecule has 1 atom stereocenters. The van der Waals surface area contributed by atoms with E-state index in [1.165, 1.54) is 6.42 Å². The highest BCUT2D eigenvalue weighted by molar-refractivity contribution is 5.85. The molecule has 2 aliphatic rings. The second kappa shape index (κ2) is 9.33. The second-order valence-electron chi connectivity index (χ2n) is 6.24. The maximum absolute atomic E-state index is 12.3. The maximum atomic E-state index is 12.3. The Bertz CT molecular complexity index is 375. The van der Waals surface area contributed by atoms with Crippen molar-refractivity contribution in [1.29, 1.82) is 0 Å². The SMILES string of the molecule is CC1CCCCN1C(=O)CN(C)CC(=O)N1CCNCC1.Cl. The first kappa shape index (κ1) is 19.2. The fraction of sp³-hybridized carbons (Fsp3) is 0.867. The molecule has 6 nitrogen and oxygen atoms in total. The standard InChI is InChI=1S/C15H28N4O2.ClH/c1-13-5-3-4-8-19(13)15(21)12-17(2)11-14(20)18-9-6-16-7-10-18;/h13,16H,3-12H2,1-2H3;1H. The molecule has 0 aliphatic carbocycles. The van der Waals surface area contributed by atoms with Gasteiger partial charge in [0.05, 0.1) is 13.1 Å². The van der Waals surface area contributed by atoms with Crippen molar-refractivity contribution in [3.63, 3.8) is 0 Å². The van der Waals surface area contributed by atoms with Crippen LogP contribution in [0.15, 0.2) is 0 Å². The van der Waals surface area contributed by atoms with Crippen LogP contribution in [0.1, 0.15) is 26.2 Å². The second-order valence-corrected chi connectivity index (χ2v) is 6.24. The number of piperazine rings is 1. The minimum absolute atomic E-state index is 0. The van der Waals surface area contributed by atoms with Crippen LogP contribution in [0.3, 0.4) is 0 Å². The van der Waals surface area contributed by atoms with Gasteiger partial charge in [-0.3, -0.25) is 14.5 Å². The number of halogens is 1. The number of hydrogen-bond donors (Lipinski definition) is 1. The first-order chi connectivity index (χ1) is 10.1. The van der Waals surface area contributed by atoms with Crippen LogP contribution in [-0.4, -0.2) is 85.4 Å². The molecule has 0 bridgehead atoms. The van der Waals surface area contributed by atoms with Gasteiger partial charge in [-0.05, 0) is 33.2 Å². The number of nitrogens with one attached hydrogen (secondary N) is 1. The van der Waals surface area contributed by atoms with Crippen LogP contribution >= 0.6 is 12.4 Å². The van der Waals surface area contributed by atoms with Crippen LogP contribution in [-0.2, 0) is 9.59 Å². The Morgan fingerprint density at radius 1 is 1.09 bits per heavy atom. The van der Waals surface area contributed by atoms with Crippen molar-refractivity contribution < 1.29 is 9.59 Å². The molecule has 1 N–H and O–H groups in total. The molecule has 128 valence electrons. The van der Waals surface area contributed by atoms with Gasteiger partial charge >= 0.3 is 0 Å². The summed E-state index contributed by atoms with van der Waals surface area (Å²) in [5.74, 6) is 0.274. The van der Waals surface area contributed by atoms with E-state index in [-0.39, 0.29) is 24.2 Å². The fourth-order valence-electron chi connectivity index (χ4n) is 3.09. The van der Waals surface area contributed by atoms with Crippen molar-refractivity contribution in [3.8, 4) is 0 Å². The molecule has 0 spiro atoms. The van der Waals surface area contributed by atoms with Gasteiger partial charge in [-0.2, -0.15) is 0 Å². The van der Waals surface area contributed by atoms with Crippen LogP contribution in [0.2, 0.25) is 0 Å². The van der Waals surface area contributed by atoms with Crippen molar-refractivity contribution in [3.05, 3.63) is 0 Å². The van der Waals surface area contributed by atoms with Crippen molar-refractivity contribution in [2.45, 2.75) is 32.2 Å². The van der Waals surface area contributed by atoms with E-state index in [4.69, 9.17) is 0 Å². The minimum atomic E-state index is 0. The summed E-state index contributed by atoms with van der Waals surface area (Å²) < 4.78 is 0. The average Bonchev–Trinajstić information content (AvgIpc) is 2.48. The molecule has 22 heavy (non-hydrogen) atoms. The van der Waals surface area contributed by atoms with E-state index in [0.29, 0.717) is 19.1 Å². The Morgan fingerprint density at radius 2 is 1.73 bits per heavy atom. The molecule has 2 heterocycles.